The van der Waals surface area contributed by atoms with E-state index in [1.54, 1.807) is 6.07 Å². The average molecular weight is 279 g/mol. The number of hydrogen-bond acceptors (Lipinski definition) is 3. The highest BCUT2D eigenvalue weighted by atomic mass is 19.1. The Balaban J connectivity index is 2.47. The summed E-state index contributed by atoms with van der Waals surface area (Å²) >= 11 is 0. The molecule has 5 heteroatoms. The molecule has 1 aliphatic rings. The fraction of sp³-hybridized carbons (Fsp3) is 0.533. The molecule has 110 valence electrons. The van der Waals surface area contributed by atoms with E-state index in [-0.39, 0.29) is 11.4 Å². The lowest BCUT2D eigenvalue weighted by Gasteiger charge is -2.33. The first-order valence-corrected chi connectivity index (χ1v) is 7.22. The van der Waals surface area contributed by atoms with Gasteiger partial charge < -0.3 is 15.8 Å². The molecule has 0 amide bonds. The Morgan fingerprint density at radius 2 is 2.25 bits per heavy atom. The minimum absolute atomic E-state index is 0.169. The van der Waals surface area contributed by atoms with Gasteiger partial charge in [-0.2, -0.15) is 0 Å². The van der Waals surface area contributed by atoms with Gasteiger partial charge in [0.25, 0.3) is 0 Å². The molecule has 0 radical (unpaired) electrons. The number of halogens is 1. The van der Waals surface area contributed by atoms with Crippen LogP contribution >= 0.6 is 0 Å². The lowest BCUT2D eigenvalue weighted by Crippen LogP contribution is -2.36. The van der Waals surface area contributed by atoms with Gasteiger partial charge in [0.05, 0.1) is 11.3 Å². The van der Waals surface area contributed by atoms with Crippen LogP contribution in [-0.2, 0) is 0 Å². The van der Waals surface area contributed by atoms with Gasteiger partial charge in [0.2, 0.25) is 0 Å². The molecule has 2 rings (SSSR count). The van der Waals surface area contributed by atoms with Crippen LogP contribution in [0.2, 0.25) is 0 Å². The zero-order valence-corrected chi connectivity index (χ0v) is 11.8. The Morgan fingerprint density at radius 1 is 1.45 bits per heavy atom. The SMILES string of the molecule is CCC1CCCCCN1c1cccc(F)c1/C(N)=N/O. The number of amidine groups is 1. The van der Waals surface area contributed by atoms with E-state index in [4.69, 9.17) is 10.9 Å². The van der Waals surface area contributed by atoms with Gasteiger partial charge in [0.1, 0.15) is 5.82 Å². The van der Waals surface area contributed by atoms with Crippen LogP contribution < -0.4 is 10.6 Å². The van der Waals surface area contributed by atoms with Crippen molar-refractivity contribution in [3.63, 3.8) is 0 Å². The van der Waals surface area contributed by atoms with Crippen LogP contribution in [0.15, 0.2) is 23.4 Å². The van der Waals surface area contributed by atoms with Crippen LogP contribution in [0.4, 0.5) is 10.1 Å². The molecule has 1 fully saturated rings. The number of nitrogens with zero attached hydrogens (tertiary/aromatic N) is 2. The lowest BCUT2D eigenvalue weighted by molar-refractivity contribution is 0.318. The fourth-order valence-corrected chi connectivity index (χ4v) is 2.97. The number of anilines is 1. The third-order valence-electron chi connectivity index (χ3n) is 4.01. The molecule has 0 aliphatic carbocycles. The fourth-order valence-electron chi connectivity index (χ4n) is 2.97. The average Bonchev–Trinajstić information content (AvgIpc) is 2.71. The Hall–Kier alpha value is -1.78. The van der Waals surface area contributed by atoms with Gasteiger partial charge in [-0.05, 0) is 31.4 Å². The zero-order chi connectivity index (χ0) is 14.5. The summed E-state index contributed by atoms with van der Waals surface area (Å²) in [4.78, 5) is 2.21. The standard InChI is InChI=1S/C15H22FN3O/c1-2-11-7-4-3-5-10-19(11)13-9-6-8-12(16)14(13)15(17)18-20/h6,8-9,11,20H,2-5,7,10H2,1H3,(H2,17,18). The van der Waals surface area contributed by atoms with Crippen molar-refractivity contribution in [3.05, 3.63) is 29.6 Å². The Bertz CT molecular complexity index is 490. The van der Waals surface area contributed by atoms with E-state index in [9.17, 15) is 4.39 Å². The van der Waals surface area contributed by atoms with Gasteiger partial charge in [0, 0.05) is 12.6 Å². The normalized spacial score (nSPS) is 20.8. The molecule has 1 heterocycles. The Kier molecular flexibility index (Phi) is 4.82. The van der Waals surface area contributed by atoms with Crippen molar-refractivity contribution in [2.45, 2.75) is 45.1 Å². The molecule has 1 unspecified atom stereocenters. The topological polar surface area (TPSA) is 61.8 Å². The molecule has 0 saturated carbocycles. The number of oxime groups is 1. The highest BCUT2D eigenvalue weighted by molar-refractivity contribution is 6.02. The van der Waals surface area contributed by atoms with Crippen molar-refractivity contribution in [1.82, 2.24) is 0 Å². The van der Waals surface area contributed by atoms with Gasteiger partial charge in [0.15, 0.2) is 5.84 Å². The molecule has 4 nitrogen and oxygen atoms in total. The van der Waals surface area contributed by atoms with E-state index < -0.39 is 5.82 Å². The van der Waals surface area contributed by atoms with Crippen LogP contribution in [0.3, 0.4) is 0 Å². The summed E-state index contributed by atoms with van der Waals surface area (Å²) in [5, 5.41) is 11.9. The van der Waals surface area contributed by atoms with Gasteiger partial charge >= 0.3 is 0 Å². The number of nitrogens with two attached hydrogens (primary N) is 1. The third kappa shape index (κ3) is 2.86. The second-order valence-electron chi connectivity index (χ2n) is 5.22. The van der Waals surface area contributed by atoms with E-state index >= 15 is 0 Å². The molecular weight excluding hydrogens is 257 g/mol. The second-order valence-corrected chi connectivity index (χ2v) is 5.22. The number of hydrogen-bond donors (Lipinski definition) is 2. The Labute approximate surface area is 119 Å². The largest absolute Gasteiger partial charge is 0.409 e. The maximum Gasteiger partial charge on any atom is 0.175 e. The van der Waals surface area contributed by atoms with Crippen LogP contribution in [0, 0.1) is 5.82 Å². The summed E-state index contributed by atoms with van der Waals surface area (Å²) in [6.07, 6.45) is 5.59. The maximum atomic E-state index is 14.1. The molecule has 0 bridgehead atoms. The first-order chi connectivity index (χ1) is 9.69. The molecule has 3 N–H and O–H groups in total. The zero-order valence-electron chi connectivity index (χ0n) is 11.8. The molecule has 1 aliphatic heterocycles. The minimum atomic E-state index is -0.447. The van der Waals surface area contributed by atoms with Crippen LogP contribution in [0.1, 0.15) is 44.6 Å². The van der Waals surface area contributed by atoms with Crippen LogP contribution in [0.5, 0.6) is 0 Å². The van der Waals surface area contributed by atoms with E-state index in [0.29, 0.717) is 6.04 Å². The van der Waals surface area contributed by atoms with Crippen molar-refractivity contribution >= 4 is 11.5 Å². The highest BCUT2D eigenvalue weighted by Crippen LogP contribution is 2.30. The monoisotopic (exact) mass is 279 g/mol. The van der Waals surface area contributed by atoms with Crippen molar-refractivity contribution in [3.8, 4) is 0 Å². The number of rotatable bonds is 3. The first-order valence-electron chi connectivity index (χ1n) is 7.22. The van der Waals surface area contributed by atoms with E-state index in [2.05, 4.69) is 17.0 Å². The van der Waals surface area contributed by atoms with E-state index in [0.717, 1.165) is 31.5 Å². The molecule has 1 atom stereocenters. The first kappa shape index (κ1) is 14.6. The predicted molar refractivity (Wildman–Crippen MR) is 78.8 cm³/mol. The highest BCUT2D eigenvalue weighted by Gasteiger charge is 2.24. The summed E-state index contributed by atoms with van der Waals surface area (Å²) in [7, 11) is 0. The molecule has 20 heavy (non-hydrogen) atoms. The minimum Gasteiger partial charge on any atom is -0.409 e. The lowest BCUT2D eigenvalue weighted by atomic mass is 10.0. The smallest absolute Gasteiger partial charge is 0.175 e. The quantitative estimate of drug-likeness (QED) is 0.387. The summed E-state index contributed by atoms with van der Waals surface area (Å²) in [5.41, 5.74) is 6.60. The summed E-state index contributed by atoms with van der Waals surface area (Å²) in [6.45, 7) is 3.03. The van der Waals surface area contributed by atoms with Crippen LogP contribution in [0.25, 0.3) is 0 Å². The molecule has 1 aromatic rings. The van der Waals surface area contributed by atoms with Crippen molar-refractivity contribution in [1.29, 1.82) is 0 Å². The summed E-state index contributed by atoms with van der Waals surface area (Å²) in [6, 6.07) is 5.25. The molecular formula is C15H22FN3O. The van der Waals surface area contributed by atoms with Crippen molar-refractivity contribution < 1.29 is 9.60 Å². The molecule has 1 aromatic carbocycles. The van der Waals surface area contributed by atoms with Gasteiger partial charge in [-0.25, -0.2) is 4.39 Å². The number of benzene rings is 1. The molecule has 1 saturated heterocycles. The van der Waals surface area contributed by atoms with Gasteiger partial charge in [-0.3, -0.25) is 0 Å². The predicted octanol–water partition coefficient (Wildman–Crippen LogP) is 3.08. The van der Waals surface area contributed by atoms with Gasteiger partial charge in [-0.1, -0.05) is 31.0 Å². The molecule has 0 spiro atoms. The summed E-state index contributed by atoms with van der Waals surface area (Å²) < 4.78 is 14.1. The third-order valence-corrected chi connectivity index (χ3v) is 4.01. The van der Waals surface area contributed by atoms with E-state index in [1.807, 2.05) is 6.07 Å². The van der Waals surface area contributed by atoms with Crippen LogP contribution in [-0.4, -0.2) is 23.6 Å². The maximum absolute atomic E-state index is 14.1. The molecule has 0 aromatic heterocycles. The van der Waals surface area contributed by atoms with Crippen molar-refractivity contribution in [2.75, 3.05) is 11.4 Å². The van der Waals surface area contributed by atoms with E-state index in [1.165, 1.54) is 18.9 Å². The second kappa shape index (κ2) is 6.59. The van der Waals surface area contributed by atoms with Crippen molar-refractivity contribution in [2.24, 2.45) is 10.9 Å². The van der Waals surface area contributed by atoms with Gasteiger partial charge in [-0.15, -0.1) is 0 Å². The summed E-state index contributed by atoms with van der Waals surface area (Å²) in [5.74, 6) is -0.617. The Morgan fingerprint density at radius 3 is 2.95 bits per heavy atom.